The molecule has 0 fully saturated rings. The molecule has 0 aliphatic heterocycles. The molecule has 0 unspecified atom stereocenters. The third-order valence-corrected chi connectivity index (χ3v) is 4.76. The van der Waals surface area contributed by atoms with Crippen LogP contribution in [0.5, 0.6) is 5.75 Å². The quantitative estimate of drug-likeness (QED) is 0.562. The predicted molar refractivity (Wildman–Crippen MR) is 86.8 cm³/mol. The number of ether oxygens (including phenoxy) is 2. The van der Waals surface area contributed by atoms with Gasteiger partial charge in [-0.1, -0.05) is 12.1 Å². The summed E-state index contributed by atoms with van der Waals surface area (Å²) in [7, 11) is -3.44. The van der Waals surface area contributed by atoms with Gasteiger partial charge in [0.25, 0.3) is 0 Å². The smallest absolute Gasteiger partial charge is 0.343 e. The standard InChI is InChI=1S/C17H14F2O6S/c1-24-15(20)10-11-2-6-13(7-3-11)25-16(21)12-4-8-14(9-5-12)26(22,23)17(18)19/h2-9,17H,10H2,1H3. The van der Waals surface area contributed by atoms with Crippen LogP contribution in [-0.4, -0.2) is 33.2 Å². The molecule has 0 atom stereocenters. The van der Waals surface area contributed by atoms with E-state index in [1.807, 2.05) is 0 Å². The minimum absolute atomic E-state index is 0.00291. The van der Waals surface area contributed by atoms with Crippen molar-refractivity contribution in [2.45, 2.75) is 17.1 Å². The van der Waals surface area contributed by atoms with Gasteiger partial charge in [0.05, 0.1) is 24.0 Å². The van der Waals surface area contributed by atoms with Gasteiger partial charge in [0.2, 0.25) is 9.84 Å². The van der Waals surface area contributed by atoms with Crippen LogP contribution >= 0.6 is 0 Å². The zero-order valence-electron chi connectivity index (χ0n) is 13.5. The molecule has 138 valence electrons. The zero-order valence-corrected chi connectivity index (χ0v) is 14.3. The van der Waals surface area contributed by atoms with Crippen LogP contribution in [0.3, 0.4) is 0 Å². The summed E-state index contributed by atoms with van der Waals surface area (Å²) in [6.07, 6.45) is 0.0742. The van der Waals surface area contributed by atoms with Gasteiger partial charge >= 0.3 is 17.7 Å². The molecular formula is C17H14F2O6S. The zero-order chi connectivity index (χ0) is 19.3. The van der Waals surface area contributed by atoms with Gasteiger partial charge in [0.15, 0.2) is 0 Å². The van der Waals surface area contributed by atoms with Crippen molar-refractivity contribution in [3.8, 4) is 5.75 Å². The lowest BCUT2D eigenvalue weighted by molar-refractivity contribution is -0.139. The number of alkyl halides is 2. The van der Waals surface area contributed by atoms with Crippen LogP contribution < -0.4 is 4.74 Å². The van der Waals surface area contributed by atoms with Crippen LogP contribution in [0.25, 0.3) is 0 Å². The number of hydrogen-bond acceptors (Lipinski definition) is 6. The molecule has 0 heterocycles. The molecule has 2 aromatic carbocycles. The SMILES string of the molecule is COC(=O)Cc1ccc(OC(=O)c2ccc(S(=O)(=O)C(F)F)cc2)cc1. The first-order chi connectivity index (χ1) is 12.2. The highest BCUT2D eigenvalue weighted by atomic mass is 32.2. The van der Waals surface area contributed by atoms with E-state index < -0.39 is 32.4 Å². The van der Waals surface area contributed by atoms with Gasteiger partial charge in [-0.25, -0.2) is 13.2 Å². The average Bonchev–Trinajstić information content (AvgIpc) is 2.63. The number of hydrogen-bond donors (Lipinski definition) is 0. The Balaban J connectivity index is 2.07. The summed E-state index contributed by atoms with van der Waals surface area (Å²) in [5, 5.41) is 0. The minimum Gasteiger partial charge on any atom is -0.469 e. The van der Waals surface area contributed by atoms with Crippen molar-refractivity contribution in [3.05, 3.63) is 59.7 Å². The highest BCUT2D eigenvalue weighted by Crippen LogP contribution is 2.20. The summed E-state index contributed by atoms with van der Waals surface area (Å²) in [6, 6.07) is 10.1. The first-order valence-corrected chi connectivity index (χ1v) is 8.78. The van der Waals surface area contributed by atoms with Crippen molar-refractivity contribution in [1.29, 1.82) is 0 Å². The third-order valence-electron chi connectivity index (χ3n) is 3.36. The van der Waals surface area contributed by atoms with E-state index >= 15 is 0 Å². The Bertz CT molecular complexity index is 890. The number of rotatable bonds is 6. The molecule has 0 radical (unpaired) electrons. The number of carbonyl (C=O) groups is 2. The second kappa shape index (κ2) is 8.05. The molecule has 0 aliphatic rings. The first kappa shape index (κ1) is 19.5. The molecule has 0 bridgehead atoms. The van der Waals surface area contributed by atoms with Gasteiger partial charge < -0.3 is 9.47 Å². The highest BCUT2D eigenvalue weighted by Gasteiger charge is 2.26. The molecule has 6 nitrogen and oxygen atoms in total. The van der Waals surface area contributed by atoms with Crippen LogP contribution in [0.15, 0.2) is 53.4 Å². The highest BCUT2D eigenvalue weighted by molar-refractivity contribution is 7.91. The normalized spacial score (nSPS) is 11.2. The van der Waals surface area contributed by atoms with Gasteiger partial charge in [-0.15, -0.1) is 0 Å². The van der Waals surface area contributed by atoms with Crippen LogP contribution in [-0.2, 0) is 25.8 Å². The van der Waals surface area contributed by atoms with Crippen molar-refractivity contribution in [1.82, 2.24) is 0 Å². The predicted octanol–water partition coefficient (Wildman–Crippen LogP) is 2.62. The molecule has 0 amide bonds. The molecule has 26 heavy (non-hydrogen) atoms. The maximum absolute atomic E-state index is 12.5. The second-order valence-corrected chi connectivity index (χ2v) is 7.03. The minimum atomic E-state index is -4.72. The number of halogens is 2. The van der Waals surface area contributed by atoms with E-state index in [9.17, 15) is 26.8 Å². The van der Waals surface area contributed by atoms with Crippen LogP contribution in [0.2, 0.25) is 0 Å². The van der Waals surface area contributed by atoms with E-state index in [0.717, 1.165) is 24.3 Å². The maximum atomic E-state index is 12.5. The van der Waals surface area contributed by atoms with E-state index in [4.69, 9.17) is 4.74 Å². The second-order valence-electron chi connectivity index (χ2n) is 5.12. The summed E-state index contributed by atoms with van der Waals surface area (Å²) in [5.74, 6) is -4.53. The number of benzene rings is 2. The molecular weight excluding hydrogens is 370 g/mol. The van der Waals surface area contributed by atoms with Gasteiger partial charge in [-0.3, -0.25) is 4.79 Å². The molecule has 0 spiro atoms. The van der Waals surface area contributed by atoms with Gasteiger partial charge in [0.1, 0.15) is 5.75 Å². The van der Waals surface area contributed by atoms with E-state index in [1.54, 1.807) is 12.1 Å². The Hall–Kier alpha value is -2.81. The van der Waals surface area contributed by atoms with E-state index in [1.165, 1.54) is 19.2 Å². The Labute approximate surface area is 148 Å². The molecule has 0 saturated heterocycles. The van der Waals surface area contributed by atoms with Crippen molar-refractivity contribution in [3.63, 3.8) is 0 Å². The van der Waals surface area contributed by atoms with Crippen LogP contribution in [0, 0.1) is 0 Å². The summed E-state index contributed by atoms with van der Waals surface area (Å²) >= 11 is 0. The molecule has 0 aliphatic carbocycles. The Morgan fingerprint density at radius 3 is 2.08 bits per heavy atom. The summed E-state index contributed by atoms with van der Waals surface area (Å²) in [6.45, 7) is 0. The monoisotopic (exact) mass is 384 g/mol. The maximum Gasteiger partial charge on any atom is 0.343 e. The largest absolute Gasteiger partial charge is 0.469 e. The Morgan fingerprint density at radius 1 is 1.00 bits per heavy atom. The van der Waals surface area contributed by atoms with Gasteiger partial charge in [-0.05, 0) is 42.0 Å². The van der Waals surface area contributed by atoms with Crippen LogP contribution in [0.4, 0.5) is 8.78 Å². The van der Waals surface area contributed by atoms with E-state index in [2.05, 4.69) is 4.74 Å². The number of carbonyl (C=O) groups excluding carboxylic acids is 2. The van der Waals surface area contributed by atoms with Gasteiger partial charge in [0, 0.05) is 0 Å². The molecule has 0 aromatic heterocycles. The third kappa shape index (κ3) is 4.63. The lowest BCUT2D eigenvalue weighted by atomic mass is 10.1. The summed E-state index contributed by atoms with van der Waals surface area (Å²) in [5.41, 5.74) is 0.662. The number of methoxy groups -OCH3 is 1. The first-order valence-electron chi connectivity index (χ1n) is 7.24. The van der Waals surface area contributed by atoms with Crippen LogP contribution in [0.1, 0.15) is 15.9 Å². The van der Waals surface area contributed by atoms with Crippen molar-refractivity contribution in [2.75, 3.05) is 7.11 Å². The van der Waals surface area contributed by atoms with E-state index in [0.29, 0.717) is 5.56 Å². The average molecular weight is 384 g/mol. The topological polar surface area (TPSA) is 86.7 Å². The van der Waals surface area contributed by atoms with Crippen molar-refractivity contribution >= 4 is 21.8 Å². The molecule has 0 N–H and O–H groups in total. The lowest BCUT2D eigenvalue weighted by Gasteiger charge is -2.07. The lowest BCUT2D eigenvalue weighted by Crippen LogP contribution is -2.12. The number of esters is 2. The fourth-order valence-electron chi connectivity index (χ4n) is 1.96. The fourth-order valence-corrected chi connectivity index (χ4v) is 2.68. The molecule has 0 saturated carbocycles. The van der Waals surface area contributed by atoms with E-state index in [-0.39, 0.29) is 17.7 Å². The Morgan fingerprint density at radius 2 is 1.58 bits per heavy atom. The summed E-state index contributed by atoms with van der Waals surface area (Å²) < 4.78 is 57.3. The molecule has 9 heteroatoms. The summed E-state index contributed by atoms with van der Waals surface area (Å²) in [4.78, 5) is 22.6. The fraction of sp³-hybridized carbons (Fsp3) is 0.176. The van der Waals surface area contributed by atoms with Crippen molar-refractivity contribution < 1.29 is 36.3 Å². The van der Waals surface area contributed by atoms with Gasteiger partial charge in [-0.2, -0.15) is 8.78 Å². The number of sulfone groups is 1. The van der Waals surface area contributed by atoms with Crippen molar-refractivity contribution in [2.24, 2.45) is 0 Å². The molecule has 2 rings (SSSR count). The molecule has 2 aromatic rings. The Kier molecular flexibility index (Phi) is 6.04.